The van der Waals surface area contributed by atoms with Gasteiger partial charge in [0.2, 0.25) is 0 Å². The van der Waals surface area contributed by atoms with E-state index >= 15 is 0 Å². The van der Waals surface area contributed by atoms with E-state index in [1.165, 1.54) is 0 Å². The van der Waals surface area contributed by atoms with E-state index in [0.29, 0.717) is 6.42 Å². The van der Waals surface area contributed by atoms with Crippen molar-refractivity contribution in [1.29, 1.82) is 0 Å². The van der Waals surface area contributed by atoms with Crippen LogP contribution in [0.1, 0.15) is 43.9 Å². The van der Waals surface area contributed by atoms with E-state index in [1.807, 2.05) is 32.9 Å². The third-order valence-corrected chi connectivity index (χ3v) is 3.08. The highest BCUT2D eigenvalue weighted by Gasteiger charge is 2.39. The van der Waals surface area contributed by atoms with Crippen molar-refractivity contribution in [1.82, 2.24) is 0 Å². The second-order valence-corrected chi connectivity index (χ2v) is 5.33. The molecule has 2 heteroatoms. The van der Waals surface area contributed by atoms with Crippen molar-refractivity contribution >= 4 is 0 Å². The van der Waals surface area contributed by atoms with Crippen LogP contribution in [0.4, 0.5) is 8.78 Å². The van der Waals surface area contributed by atoms with Crippen molar-refractivity contribution in [3.05, 3.63) is 34.9 Å². The van der Waals surface area contributed by atoms with Gasteiger partial charge >= 0.3 is 0 Å². The second-order valence-electron chi connectivity index (χ2n) is 5.33. The molecule has 0 aliphatic heterocycles. The smallest absolute Gasteiger partial charge is 0.201 e. The van der Waals surface area contributed by atoms with Gasteiger partial charge in [-0.15, -0.1) is 0 Å². The van der Waals surface area contributed by atoms with Gasteiger partial charge in [0, 0.05) is 12.0 Å². The summed E-state index contributed by atoms with van der Waals surface area (Å²) in [5.41, 5.74) is 1.99. The van der Waals surface area contributed by atoms with Crippen LogP contribution in [0, 0.1) is 0 Å². The van der Waals surface area contributed by atoms with Gasteiger partial charge in [-0.2, -0.15) is 0 Å². The Morgan fingerprint density at radius 2 is 1.87 bits per heavy atom. The van der Waals surface area contributed by atoms with Crippen molar-refractivity contribution in [2.75, 3.05) is 0 Å². The third kappa shape index (κ3) is 1.77. The van der Waals surface area contributed by atoms with Gasteiger partial charge in [0.05, 0.1) is 0 Å². The van der Waals surface area contributed by atoms with E-state index in [-0.39, 0.29) is 17.4 Å². The molecule has 0 atom stereocenters. The van der Waals surface area contributed by atoms with Crippen LogP contribution >= 0.6 is 0 Å². The molecule has 0 heterocycles. The average molecular weight is 210 g/mol. The van der Waals surface area contributed by atoms with Crippen LogP contribution in [0.25, 0.3) is 0 Å². The first kappa shape index (κ1) is 10.6. The Hall–Kier alpha value is -0.920. The molecule has 1 aromatic carbocycles. The van der Waals surface area contributed by atoms with E-state index in [2.05, 4.69) is 0 Å². The van der Waals surface area contributed by atoms with Gasteiger partial charge in [0.1, 0.15) is 0 Å². The van der Waals surface area contributed by atoms with Crippen LogP contribution in [-0.4, -0.2) is 0 Å². The van der Waals surface area contributed by atoms with Gasteiger partial charge in [0.15, 0.2) is 0 Å². The van der Waals surface area contributed by atoms with Gasteiger partial charge in [-0.1, -0.05) is 32.9 Å². The molecular formula is C13H16F2. The molecule has 1 aliphatic carbocycles. The van der Waals surface area contributed by atoms with Gasteiger partial charge < -0.3 is 0 Å². The molecule has 0 saturated heterocycles. The van der Waals surface area contributed by atoms with Crippen molar-refractivity contribution < 1.29 is 8.78 Å². The Morgan fingerprint density at radius 1 is 1.20 bits per heavy atom. The number of fused-ring (bicyclic) bond motifs is 1. The summed E-state index contributed by atoms with van der Waals surface area (Å²) in [7, 11) is 0. The molecule has 82 valence electrons. The Labute approximate surface area is 89.3 Å². The van der Waals surface area contributed by atoms with Crippen LogP contribution in [0.15, 0.2) is 18.2 Å². The molecule has 1 aliphatic rings. The van der Waals surface area contributed by atoms with E-state index in [1.54, 1.807) is 6.07 Å². The number of aryl methyl sites for hydroxylation is 1. The van der Waals surface area contributed by atoms with Gasteiger partial charge in [-0.3, -0.25) is 0 Å². The van der Waals surface area contributed by atoms with E-state index in [9.17, 15) is 8.78 Å². The standard InChI is InChI=1S/C13H16F2/c1-12(2,3)10-5-4-9-6-7-13(14,15)11(9)8-10/h4-5,8H,6-7H2,1-3H3. The van der Waals surface area contributed by atoms with Crippen LogP contribution < -0.4 is 0 Å². The van der Waals surface area contributed by atoms with Crippen LogP contribution in [0.3, 0.4) is 0 Å². The Kier molecular flexibility index (Phi) is 2.14. The van der Waals surface area contributed by atoms with Crippen LogP contribution in [0.5, 0.6) is 0 Å². The lowest BCUT2D eigenvalue weighted by Gasteiger charge is -2.21. The molecule has 15 heavy (non-hydrogen) atoms. The minimum atomic E-state index is -2.61. The van der Waals surface area contributed by atoms with E-state index in [0.717, 1.165) is 11.1 Å². The van der Waals surface area contributed by atoms with Crippen molar-refractivity contribution in [3.63, 3.8) is 0 Å². The number of hydrogen-bond acceptors (Lipinski definition) is 0. The maximum Gasteiger partial charge on any atom is 0.273 e. The van der Waals surface area contributed by atoms with Crippen LogP contribution in [-0.2, 0) is 17.8 Å². The lowest BCUT2D eigenvalue weighted by molar-refractivity contribution is -0.00193. The number of halogens is 2. The highest BCUT2D eigenvalue weighted by Crippen LogP contribution is 2.42. The topological polar surface area (TPSA) is 0 Å². The summed E-state index contributed by atoms with van der Waals surface area (Å²) in [6, 6.07) is 5.51. The van der Waals surface area contributed by atoms with Crippen molar-refractivity contribution in [2.24, 2.45) is 0 Å². The zero-order chi connectivity index (χ0) is 11.3. The van der Waals surface area contributed by atoms with Gasteiger partial charge in [-0.25, -0.2) is 8.78 Å². The summed E-state index contributed by atoms with van der Waals surface area (Å²) in [5, 5.41) is 0. The molecule has 0 spiro atoms. The molecule has 0 saturated carbocycles. The number of benzene rings is 1. The van der Waals surface area contributed by atoms with Crippen LogP contribution in [0.2, 0.25) is 0 Å². The maximum absolute atomic E-state index is 13.5. The molecule has 0 radical (unpaired) electrons. The first-order chi connectivity index (χ1) is 6.81. The fourth-order valence-electron chi connectivity index (χ4n) is 2.03. The number of hydrogen-bond donors (Lipinski definition) is 0. The monoisotopic (exact) mass is 210 g/mol. The summed E-state index contributed by atoms with van der Waals surface area (Å²) in [6.45, 7) is 6.13. The molecule has 0 N–H and O–H groups in total. The molecule has 0 fully saturated rings. The molecule has 0 bridgehead atoms. The number of rotatable bonds is 0. The van der Waals surface area contributed by atoms with E-state index < -0.39 is 5.92 Å². The normalized spacial score (nSPS) is 19.0. The molecule has 0 unspecified atom stereocenters. The summed E-state index contributed by atoms with van der Waals surface area (Å²) in [4.78, 5) is 0. The third-order valence-electron chi connectivity index (χ3n) is 3.08. The summed E-state index contributed by atoms with van der Waals surface area (Å²) in [5.74, 6) is -2.61. The zero-order valence-electron chi connectivity index (χ0n) is 9.40. The zero-order valence-corrected chi connectivity index (χ0v) is 9.40. The van der Waals surface area contributed by atoms with E-state index in [4.69, 9.17) is 0 Å². The average Bonchev–Trinajstić information content (AvgIpc) is 2.41. The predicted molar refractivity (Wildman–Crippen MR) is 57.4 cm³/mol. The molecular weight excluding hydrogens is 194 g/mol. The largest absolute Gasteiger partial charge is 0.273 e. The first-order valence-corrected chi connectivity index (χ1v) is 5.32. The molecule has 0 amide bonds. The molecule has 0 nitrogen and oxygen atoms in total. The highest BCUT2D eigenvalue weighted by molar-refractivity contribution is 5.40. The second kappa shape index (κ2) is 3.03. The maximum atomic E-state index is 13.5. The van der Waals surface area contributed by atoms with Crippen molar-refractivity contribution in [3.8, 4) is 0 Å². The Balaban J connectivity index is 2.51. The SMILES string of the molecule is CC(C)(C)c1ccc2c(c1)C(F)(F)CC2. The minimum absolute atomic E-state index is 0.0318. The summed E-state index contributed by atoms with van der Waals surface area (Å²) < 4.78 is 27.0. The fraction of sp³-hybridized carbons (Fsp3) is 0.538. The lowest BCUT2D eigenvalue weighted by atomic mass is 9.85. The number of alkyl halides is 2. The summed E-state index contributed by atoms with van der Waals surface area (Å²) >= 11 is 0. The Morgan fingerprint density at radius 3 is 2.47 bits per heavy atom. The first-order valence-electron chi connectivity index (χ1n) is 5.32. The van der Waals surface area contributed by atoms with Crippen molar-refractivity contribution in [2.45, 2.75) is 45.0 Å². The lowest BCUT2D eigenvalue weighted by Crippen LogP contribution is -2.14. The highest BCUT2D eigenvalue weighted by atomic mass is 19.3. The summed E-state index contributed by atoms with van der Waals surface area (Å²) in [6.07, 6.45) is 0.475. The molecule has 2 rings (SSSR count). The Bertz CT molecular complexity index is 386. The molecule has 1 aromatic rings. The fourth-order valence-corrected chi connectivity index (χ4v) is 2.03. The van der Waals surface area contributed by atoms with Gasteiger partial charge in [0.25, 0.3) is 5.92 Å². The van der Waals surface area contributed by atoms with Gasteiger partial charge in [-0.05, 0) is 29.0 Å². The molecule has 0 aromatic heterocycles. The minimum Gasteiger partial charge on any atom is -0.201 e. The quantitative estimate of drug-likeness (QED) is 0.606. The predicted octanol–water partition coefficient (Wildman–Crippen LogP) is 4.02.